The Bertz CT molecular complexity index is 1120. The summed E-state index contributed by atoms with van der Waals surface area (Å²) in [7, 11) is -4.16. The van der Waals surface area contributed by atoms with E-state index in [0.717, 1.165) is 4.31 Å². The molecule has 1 atom stereocenters. The Morgan fingerprint density at radius 3 is 2.52 bits per heavy atom. The summed E-state index contributed by atoms with van der Waals surface area (Å²) in [6.07, 6.45) is -1.38. The average Bonchev–Trinajstić information content (AvgIpc) is 3.19. The van der Waals surface area contributed by atoms with Crippen LogP contribution in [0.15, 0.2) is 51.8 Å². The van der Waals surface area contributed by atoms with Crippen LogP contribution in [-0.2, 0) is 14.8 Å². The number of hydrogen-bond donors (Lipinski definition) is 2. The first-order chi connectivity index (χ1) is 14.7. The van der Waals surface area contributed by atoms with Gasteiger partial charge in [0.15, 0.2) is 6.17 Å². The summed E-state index contributed by atoms with van der Waals surface area (Å²) in [5.41, 5.74) is 5.78. The number of amides is 2. The van der Waals surface area contributed by atoms with Gasteiger partial charge in [0.1, 0.15) is 0 Å². The van der Waals surface area contributed by atoms with Gasteiger partial charge in [0.05, 0.1) is 14.9 Å². The SMILES string of the molecule is NCCNC(=O)C1N(C(=O)c2cccc(Br)c2)CCN1S(=O)(=O)c1ccc(Cl)c(Cl)c1. The molecule has 12 heteroatoms. The van der Waals surface area contributed by atoms with Gasteiger partial charge in [-0.3, -0.25) is 9.59 Å². The van der Waals surface area contributed by atoms with Crippen molar-refractivity contribution >= 4 is 61.0 Å². The van der Waals surface area contributed by atoms with E-state index in [2.05, 4.69) is 21.2 Å². The van der Waals surface area contributed by atoms with E-state index in [1.165, 1.54) is 23.1 Å². The molecule has 1 aliphatic heterocycles. The minimum absolute atomic E-state index is 0.0343. The number of carbonyl (C=O) groups excluding carboxylic acids is 2. The topological polar surface area (TPSA) is 113 Å². The van der Waals surface area contributed by atoms with Crippen LogP contribution in [0.3, 0.4) is 0 Å². The van der Waals surface area contributed by atoms with Gasteiger partial charge in [0.2, 0.25) is 10.0 Å². The van der Waals surface area contributed by atoms with E-state index in [0.29, 0.717) is 10.0 Å². The quantitative estimate of drug-likeness (QED) is 0.574. The fourth-order valence-electron chi connectivity index (χ4n) is 3.19. The fraction of sp³-hybridized carbons (Fsp3) is 0.263. The summed E-state index contributed by atoms with van der Waals surface area (Å²) in [5, 5.41) is 2.84. The summed E-state index contributed by atoms with van der Waals surface area (Å²) in [4.78, 5) is 27.1. The highest BCUT2D eigenvalue weighted by atomic mass is 79.9. The molecular weight excluding hydrogens is 531 g/mol. The number of rotatable bonds is 6. The van der Waals surface area contributed by atoms with E-state index in [-0.39, 0.29) is 41.1 Å². The van der Waals surface area contributed by atoms with E-state index in [4.69, 9.17) is 28.9 Å². The third-order valence-corrected chi connectivity index (χ3v) is 7.72. The second-order valence-corrected chi connectivity index (χ2v) is 10.3. The third kappa shape index (κ3) is 5.05. The number of halogens is 3. The van der Waals surface area contributed by atoms with Gasteiger partial charge < -0.3 is 16.0 Å². The van der Waals surface area contributed by atoms with E-state index in [1.54, 1.807) is 24.3 Å². The van der Waals surface area contributed by atoms with E-state index in [1.807, 2.05) is 0 Å². The number of carbonyl (C=O) groups is 2. The van der Waals surface area contributed by atoms with Crippen molar-refractivity contribution in [3.63, 3.8) is 0 Å². The zero-order valence-corrected chi connectivity index (χ0v) is 20.0. The van der Waals surface area contributed by atoms with Crippen LogP contribution < -0.4 is 11.1 Å². The van der Waals surface area contributed by atoms with Crippen LogP contribution >= 0.6 is 39.1 Å². The first-order valence-electron chi connectivity index (χ1n) is 9.18. The molecule has 8 nitrogen and oxygen atoms in total. The monoisotopic (exact) mass is 548 g/mol. The molecule has 0 spiro atoms. The van der Waals surface area contributed by atoms with Gasteiger partial charge in [-0.25, -0.2) is 8.42 Å². The number of sulfonamides is 1. The van der Waals surface area contributed by atoms with Gasteiger partial charge in [-0.05, 0) is 36.4 Å². The smallest absolute Gasteiger partial charge is 0.259 e. The molecule has 1 saturated heterocycles. The lowest BCUT2D eigenvalue weighted by atomic mass is 10.2. The third-order valence-electron chi connectivity index (χ3n) is 4.64. The van der Waals surface area contributed by atoms with Gasteiger partial charge in [-0.2, -0.15) is 4.31 Å². The zero-order chi connectivity index (χ0) is 22.8. The maximum absolute atomic E-state index is 13.3. The Labute approximate surface area is 198 Å². The lowest BCUT2D eigenvalue weighted by Crippen LogP contribution is -2.54. The summed E-state index contributed by atoms with van der Waals surface area (Å²) < 4.78 is 28.3. The van der Waals surface area contributed by atoms with E-state index in [9.17, 15) is 18.0 Å². The summed E-state index contributed by atoms with van der Waals surface area (Å²) in [6, 6.07) is 10.5. The molecule has 0 aromatic heterocycles. The van der Waals surface area contributed by atoms with Crippen LogP contribution in [0.25, 0.3) is 0 Å². The molecule has 2 amide bonds. The molecule has 2 aromatic rings. The van der Waals surface area contributed by atoms with Gasteiger partial charge in [-0.1, -0.05) is 45.2 Å². The Hall–Kier alpha value is -1.69. The minimum Gasteiger partial charge on any atom is -0.352 e. The van der Waals surface area contributed by atoms with E-state index >= 15 is 0 Å². The number of nitrogens with zero attached hydrogens (tertiary/aromatic N) is 2. The molecular formula is C19H19BrCl2N4O4S. The van der Waals surface area contributed by atoms with Crippen LogP contribution in [0.4, 0.5) is 0 Å². The highest BCUT2D eigenvalue weighted by Crippen LogP contribution is 2.30. The minimum atomic E-state index is -4.16. The van der Waals surface area contributed by atoms with Crippen molar-refractivity contribution in [3.8, 4) is 0 Å². The first-order valence-corrected chi connectivity index (χ1v) is 12.2. The summed E-state index contributed by atoms with van der Waals surface area (Å²) >= 11 is 15.2. The second kappa shape index (κ2) is 9.85. The van der Waals surface area contributed by atoms with Crippen LogP contribution in [0.1, 0.15) is 10.4 Å². The number of nitrogens with one attached hydrogen (secondary N) is 1. The number of nitrogens with two attached hydrogens (primary N) is 1. The second-order valence-electron chi connectivity index (χ2n) is 6.65. The van der Waals surface area contributed by atoms with Gasteiger partial charge >= 0.3 is 0 Å². The molecule has 1 unspecified atom stereocenters. The molecule has 0 saturated carbocycles. The molecule has 0 radical (unpaired) electrons. The van der Waals surface area contributed by atoms with Crippen molar-refractivity contribution in [1.82, 2.24) is 14.5 Å². The normalized spacial score (nSPS) is 17.0. The Balaban J connectivity index is 2.00. The van der Waals surface area contributed by atoms with Crippen LogP contribution in [0.5, 0.6) is 0 Å². The van der Waals surface area contributed by atoms with Crippen molar-refractivity contribution in [3.05, 3.63) is 62.5 Å². The Morgan fingerprint density at radius 2 is 1.87 bits per heavy atom. The molecule has 1 heterocycles. The largest absolute Gasteiger partial charge is 0.352 e. The lowest BCUT2D eigenvalue weighted by molar-refractivity contribution is -0.127. The maximum Gasteiger partial charge on any atom is 0.259 e. The number of benzene rings is 2. The van der Waals surface area contributed by atoms with Gasteiger partial charge in [0.25, 0.3) is 11.8 Å². The van der Waals surface area contributed by atoms with Crippen molar-refractivity contribution in [2.45, 2.75) is 11.1 Å². The molecule has 0 aliphatic carbocycles. The first kappa shape index (κ1) is 24.0. The highest BCUT2D eigenvalue weighted by molar-refractivity contribution is 9.10. The van der Waals surface area contributed by atoms with Gasteiger partial charge in [0, 0.05) is 36.2 Å². The zero-order valence-electron chi connectivity index (χ0n) is 16.1. The highest BCUT2D eigenvalue weighted by Gasteiger charge is 2.46. The molecule has 31 heavy (non-hydrogen) atoms. The predicted molar refractivity (Wildman–Crippen MR) is 121 cm³/mol. The Morgan fingerprint density at radius 1 is 1.13 bits per heavy atom. The molecule has 0 bridgehead atoms. The van der Waals surface area contributed by atoms with Gasteiger partial charge in [-0.15, -0.1) is 0 Å². The summed E-state index contributed by atoms with van der Waals surface area (Å²) in [6.45, 7) is 0.266. The van der Waals surface area contributed by atoms with Crippen molar-refractivity contribution in [1.29, 1.82) is 0 Å². The summed E-state index contributed by atoms with van der Waals surface area (Å²) in [5.74, 6) is -1.11. The molecule has 1 aliphatic rings. The van der Waals surface area contributed by atoms with Crippen LogP contribution in [0, 0.1) is 0 Å². The Kier molecular flexibility index (Phi) is 7.61. The molecule has 3 rings (SSSR count). The standard InChI is InChI=1S/C19H19BrCl2N4O4S/c20-13-3-1-2-12(10-13)19(28)25-8-9-26(18(25)17(27)24-7-6-23)31(29,30)14-4-5-15(21)16(22)11-14/h1-5,10-11,18H,6-9,23H2,(H,24,27). The molecule has 2 aromatic carbocycles. The van der Waals surface area contributed by atoms with Crippen LogP contribution in [-0.4, -0.2) is 61.8 Å². The molecule has 3 N–H and O–H groups in total. The lowest BCUT2D eigenvalue weighted by Gasteiger charge is -2.29. The maximum atomic E-state index is 13.3. The fourth-order valence-corrected chi connectivity index (χ4v) is 5.52. The van der Waals surface area contributed by atoms with Crippen molar-refractivity contribution < 1.29 is 18.0 Å². The van der Waals surface area contributed by atoms with Crippen molar-refractivity contribution in [2.24, 2.45) is 5.73 Å². The average molecular weight is 550 g/mol. The predicted octanol–water partition coefficient (Wildman–Crippen LogP) is 2.30. The molecule has 1 fully saturated rings. The van der Waals surface area contributed by atoms with Crippen LogP contribution in [0.2, 0.25) is 10.0 Å². The molecule has 166 valence electrons. The van der Waals surface area contributed by atoms with Crippen molar-refractivity contribution in [2.75, 3.05) is 26.2 Å². The van der Waals surface area contributed by atoms with E-state index < -0.39 is 28.0 Å². The number of hydrogen-bond acceptors (Lipinski definition) is 5.